The second-order valence-corrected chi connectivity index (χ2v) is 0.587. The summed E-state index contributed by atoms with van der Waals surface area (Å²) in [6, 6.07) is -0.980. The molecule has 0 aromatic carbocycles. The van der Waals surface area contributed by atoms with E-state index in [4.69, 9.17) is 0 Å². The van der Waals surface area contributed by atoms with Crippen LogP contribution < -0.4 is 0 Å². The van der Waals surface area contributed by atoms with Gasteiger partial charge in [-0.15, -0.1) is 0 Å². The predicted molar refractivity (Wildman–Crippen MR) is 17.2 cm³/mol. The topological polar surface area (TPSA) is 9.23 Å². The molecule has 0 N–H and O–H groups in total. The minimum atomic E-state index is -0.980. The largest absolute Gasteiger partial charge is 0.355 e. The first-order valence-corrected chi connectivity index (χ1v) is 1.21. The third-order valence-corrected chi connectivity index (χ3v) is 0.251. The fourth-order valence-corrected chi connectivity index (χ4v) is 0. The van der Waals surface area contributed by atoms with Gasteiger partial charge in [0.05, 0.1) is 0 Å². The van der Waals surface area contributed by atoms with Crippen molar-refractivity contribution in [3.8, 4) is 0 Å². The Labute approximate surface area is 34.2 Å². The van der Waals surface area contributed by atoms with E-state index in [0.29, 0.717) is 0 Å². The van der Waals surface area contributed by atoms with E-state index in [0.717, 1.165) is 0 Å². The van der Waals surface area contributed by atoms with Gasteiger partial charge >= 0.3 is 0 Å². The molecule has 0 aliphatic rings. The van der Waals surface area contributed by atoms with Crippen LogP contribution >= 0.6 is 11.9 Å². The lowest BCUT2D eigenvalue weighted by molar-refractivity contribution is 0.331. The third-order valence-electron chi connectivity index (χ3n) is 0.0837. The zero-order chi connectivity index (χ0) is 4.28. The van der Waals surface area contributed by atoms with Crippen LogP contribution in [0.2, 0.25) is 0 Å². The summed E-state index contributed by atoms with van der Waals surface area (Å²) in [5.74, 6) is 0. The van der Waals surface area contributed by atoms with Gasteiger partial charge in [-0.25, -0.2) is 0 Å². The molecule has 0 amide bonds. The molecule has 30 valence electrons. The highest BCUT2D eigenvalue weighted by atomic mass is 35.5. The highest BCUT2D eigenvalue weighted by Gasteiger charge is 1.76. The number of hydrogen-bond donors (Lipinski definition) is 0. The molecule has 0 aromatic heterocycles. The summed E-state index contributed by atoms with van der Waals surface area (Å²) in [4.78, 5) is 0. The maximum Gasteiger partial charge on any atom is 0.285 e. The minimum Gasteiger partial charge on any atom is -0.355 e. The fourth-order valence-electron chi connectivity index (χ4n) is 0. The molecule has 1 nitrogen and oxygen atoms in total. The van der Waals surface area contributed by atoms with Crippen molar-refractivity contribution in [2.75, 3.05) is 0 Å². The molecule has 0 radical (unpaired) electrons. The predicted octanol–water partition coefficient (Wildman–Crippen LogP) is 1.60. The number of halogens is 2. The van der Waals surface area contributed by atoms with Gasteiger partial charge in [-0.05, 0) is 6.58 Å². The molecule has 0 rings (SSSR count). The second-order valence-electron chi connectivity index (χ2n) is 0.432. The van der Waals surface area contributed by atoms with Crippen LogP contribution in [-0.2, 0) is 4.29 Å². The van der Waals surface area contributed by atoms with E-state index in [2.05, 4.69) is 22.7 Å². The van der Waals surface area contributed by atoms with Crippen LogP contribution in [-0.4, -0.2) is 0 Å². The van der Waals surface area contributed by atoms with Crippen molar-refractivity contribution < 1.29 is 8.68 Å². The first-order valence-electron chi connectivity index (χ1n) is 0.901. The van der Waals surface area contributed by atoms with Crippen molar-refractivity contribution in [1.29, 1.82) is 0 Å². The van der Waals surface area contributed by atoms with Gasteiger partial charge in [0.15, 0.2) is 0 Å². The normalized spacial score (nSPS) is 6.80. The molecule has 0 bridgehead atoms. The highest BCUT2D eigenvalue weighted by molar-refractivity contribution is 6.07. The average Bonchev–Trinajstić information content (AvgIpc) is 1.38. The van der Waals surface area contributed by atoms with Crippen molar-refractivity contribution in [3.63, 3.8) is 0 Å². The smallest absolute Gasteiger partial charge is 0.285 e. The van der Waals surface area contributed by atoms with Gasteiger partial charge in [-0.3, -0.25) is 0 Å². The molecule has 0 fully saturated rings. The van der Waals surface area contributed by atoms with E-state index in [9.17, 15) is 4.39 Å². The zero-order valence-corrected chi connectivity index (χ0v) is 3.13. The quantitative estimate of drug-likeness (QED) is 0.451. The molecule has 0 aliphatic carbocycles. The lowest BCUT2D eigenvalue weighted by atomic mass is 11.1. The SMILES string of the molecule is C=C(F)OCl. The first kappa shape index (κ1) is 4.76. The lowest BCUT2D eigenvalue weighted by Gasteiger charge is -1.76. The van der Waals surface area contributed by atoms with Gasteiger partial charge < -0.3 is 4.29 Å². The van der Waals surface area contributed by atoms with E-state index < -0.39 is 6.01 Å². The fraction of sp³-hybridized carbons (Fsp3) is 0. The first-order chi connectivity index (χ1) is 2.27. The molecular weight excluding hydrogens is 94.5 g/mol. The molecule has 0 atom stereocenters. The standard InChI is InChI=1S/C2H2ClFO/c1-2(4)5-3/h1H2. The van der Waals surface area contributed by atoms with E-state index in [-0.39, 0.29) is 0 Å². The Hall–Kier alpha value is -0.240. The van der Waals surface area contributed by atoms with Crippen LogP contribution in [0.3, 0.4) is 0 Å². The minimum absolute atomic E-state index is 0.980. The van der Waals surface area contributed by atoms with Gasteiger partial charge in [-0.1, -0.05) is 0 Å². The van der Waals surface area contributed by atoms with Crippen LogP contribution in [0.25, 0.3) is 0 Å². The summed E-state index contributed by atoms with van der Waals surface area (Å²) < 4.78 is 14.2. The van der Waals surface area contributed by atoms with E-state index in [1.54, 1.807) is 0 Å². The van der Waals surface area contributed by atoms with Crippen molar-refractivity contribution in [2.45, 2.75) is 0 Å². The van der Waals surface area contributed by atoms with Gasteiger partial charge in [0.2, 0.25) is 0 Å². The van der Waals surface area contributed by atoms with E-state index >= 15 is 0 Å². The third kappa shape index (κ3) is 3.76. The number of hydrogen-bond acceptors (Lipinski definition) is 1. The maximum absolute atomic E-state index is 10.9. The molecular formula is C2H2ClFO. The van der Waals surface area contributed by atoms with Crippen molar-refractivity contribution in [3.05, 3.63) is 12.6 Å². The summed E-state index contributed by atoms with van der Waals surface area (Å²) in [5.41, 5.74) is 0. The van der Waals surface area contributed by atoms with Crippen molar-refractivity contribution in [2.24, 2.45) is 0 Å². The molecule has 0 aromatic rings. The van der Waals surface area contributed by atoms with Crippen LogP contribution in [0.5, 0.6) is 0 Å². The molecule has 5 heavy (non-hydrogen) atoms. The van der Waals surface area contributed by atoms with Gasteiger partial charge in [0, 0.05) is 0 Å². The number of rotatable bonds is 1. The molecule has 0 saturated carbocycles. The molecule has 0 heterocycles. The van der Waals surface area contributed by atoms with Crippen molar-refractivity contribution in [1.82, 2.24) is 0 Å². The van der Waals surface area contributed by atoms with Gasteiger partial charge in [0.1, 0.15) is 11.9 Å². The van der Waals surface area contributed by atoms with Crippen LogP contribution in [0.1, 0.15) is 0 Å². The Balaban J connectivity index is 2.85. The summed E-state index contributed by atoms with van der Waals surface area (Å²) in [6.45, 7) is 2.65. The highest BCUT2D eigenvalue weighted by Crippen LogP contribution is 1.93. The van der Waals surface area contributed by atoms with Crippen LogP contribution in [0, 0.1) is 0 Å². The van der Waals surface area contributed by atoms with Gasteiger partial charge in [0.25, 0.3) is 6.01 Å². The maximum atomic E-state index is 10.9. The van der Waals surface area contributed by atoms with E-state index in [1.165, 1.54) is 0 Å². The van der Waals surface area contributed by atoms with Crippen LogP contribution in [0.4, 0.5) is 4.39 Å². The molecule has 0 spiro atoms. The lowest BCUT2D eigenvalue weighted by Crippen LogP contribution is -1.57. The van der Waals surface area contributed by atoms with Crippen LogP contribution in [0.15, 0.2) is 12.6 Å². The summed E-state index contributed by atoms with van der Waals surface area (Å²) in [5, 5.41) is 0. The summed E-state index contributed by atoms with van der Waals surface area (Å²) >= 11 is 4.36. The Bertz CT molecular complexity index is 44.9. The summed E-state index contributed by atoms with van der Waals surface area (Å²) in [7, 11) is 0. The van der Waals surface area contributed by atoms with Crippen molar-refractivity contribution >= 4 is 11.9 Å². The average molecular weight is 96.5 g/mol. The van der Waals surface area contributed by atoms with E-state index in [1.807, 2.05) is 0 Å². The van der Waals surface area contributed by atoms with Gasteiger partial charge in [-0.2, -0.15) is 4.39 Å². The Morgan fingerprint density at radius 3 is 2.20 bits per heavy atom. The summed E-state index contributed by atoms with van der Waals surface area (Å²) in [6.07, 6.45) is 0. The Morgan fingerprint density at radius 2 is 2.20 bits per heavy atom. The monoisotopic (exact) mass is 96.0 g/mol. The second kappa shape index (κ2) is 2.03. The zero-order valence-electron chi connectivity index (χ0n) is 2.37. The molecule has 0 unspecified atom stereocenters. The molecule has 0 saturated heterocycles. The Morgan fingerprint density at radius 1 is 2.00 bits per heavy atom. The Kier molecular flexibility index (Phi) is 1.93. The molecule has 0 aliphatic heterocycles. The molecule has 3 heteroatoms.